The number of nitrogens with one attached hydrogen (secondary N) is 1. The predicted molar refractivity (Wildman–Crippen MR) is 39.5 cm³/mol. The molecule has 1 N–H and O–H groups in total. The second kappa shape index (κ2) is 2.30. The van der Waals surface area contributed by atoms with Crippen LogP contribution in [0.5, 0.6) is 5.88 Å². The van der Waals surface area contributed by atoms with Gasteiger partial charge >= 0.3 is 0 Å². The van der Waals surface area contributed by atoms with Crippen LogP contribution in [-0.4, -0.2) is 16.6 Å². The van der Waals surface area contributed by atoms with Gasteiger partial charge in [-0.1, -0.05) is 0 Å². The van der Waals surface area contributed by atoms with E-state index in [4.69, 9.17) is 9.15 Å². The Morgan fingerprint density at radius 2 is 2.64 bits per heavy atom. The van der Waals surface area contributed by atoms with Crippen molar-refractivity contribution in [1.29, 1.82) is 0 Å². The zero-order chi connectivity index (χ0) is 7.68. The average Bonchev–Trinajstić information content (AvgIpc) is 2.46. The maximum Gasteiger partial charge on any atom is 0.196 e. The molecule has 2 aromatic rings. The molecule has 4 heteroatoms. The number of ether oxygens (including phenoxy) is 1. The zero-order valence-corrected chi connectivity index (χ0v) is 6.13. The van der Waals surface area contributed by atoms with Gasteiger partial charge in [-0.2, -0.15) is 4.98 Å². The lowest BCUT2D eigenvalue weighted by Crippen LogP contribution is -1.90. The minimum absolute atomic E-state index is 0.642. The van der Waals surface area contributed by atoms with E-state index in [0.29, 0.717) is 12.5 Å². The molecule has 0 saturated carbocycles. The summed E-state index contributed by atoms with van der Waals surface area (Å²) in [5.74, 6) is 0.703. The molecule has 0 saturated heterocycles. The molecule has 0 aliphatic carbocycles. The molecule has 0 radical (unpaired) electrons. The summed E-state index contributed by atoms with van der Waals surface area (Å²) in [7, 11) is 0. The van der Waals surface area contributed by atoms with Gasteiger partial charge in [-0.15, -0.1) is 0 Å². The number of fused-ring (bicyclic) bond motifs is 1. The fraction of sp³-hybridized carbons (Fsp3) is 0.286. The van der Waals surface area contributed by atoms with Crippen LogP contribution in [0.2, 0.25) is 0 Å². The van der Waals surface area contributed by atoms with Crippen LogP contribution in [0.4, 0.5) is 0 Å². The van der Waals surface area contributed by atoms with Crippen molar-refractivity contribution < 1.29 is 9.15 Å². The van der Waals surface area contributed by atoms with Crippen molar-refractivity contribution >= 4 is 11.2 Å². The van der Waals surface area contributed by atoms with Gasteiger partial charge in [-0.05, 0) is 6.92 Å². The summed E-state index contributed by atoms with van der Waals surface area (Å²) >= 11 is 0. The summed E-state index contributed by atoms with van der Waals surface area (Å²) in [5, 5.41) is 0. The lowest BCUT2D eigenvalue weighted by atomic mass is 10.6. The first-order valence-electron chi connectivity index (χ1n) is 3.45. The van der Waals surface area contributed by atoms with Gasteiger partial charge in [0.25, 0.3) is 0 Å². The molecule has 0 aromatic carbocycles. The Morgan fingerprint density at radius 1 is 1.73 bits per heavy atom. The lowest BCUT2D eigenvalue weighted by Gasteiger charge is -1.94. The third-order valence-corrected chi connectivity index (χ3v) is 1.40. The first-order chi connectivity index (χ1) is 5.40. The number of H-pyrrole nitrogens is 1. The third-order valence-electron chi connectivity index (χ3n) is 1.40. The summed E-state index contributed by atoms with van der Waals surface area (Å²) in [4.78, 5) is 6.87. The number of hydrogen-bond donors (Lipinski definition) is 1. The van der Waals surface area contributed by atoms with E-state index in [9.17, 15) is 0 Å². The smallest absolute Gasteiger partial charge is 0.196 e. The molecule has 2 heterocycles. The number of nitrogens with zero attached hydrogens (tertiary/aromatic N) is 1. The van der Waals surface area contributed by atoms with E-state index >= 15 is 0 Å². The Morgan fingerprint density at radius 3 is 3.36 bits per heavy atom. The highest BCUT2D eigenvalue weighted by Crippen LogP contribution is 2.18. The molecule has 0 aliphatic heterocycles. The quantitative estimate of drug-likeness (QED) is 0.710. The van der Waals surface area contributed by atoms with Gasteiger partial charge < -0.3 is 14.1 Å². The molecule has 0 fully saturated rings. The van der Waals surface area contributed by atoms with E-state index in [1.165, 1.54) is 6.39 Å². The summed E-state index contributed by atoms with van der Waals surface area (Å²) in [6, 6.07) is 1.78. The molecule has 11 heavy (non-hydrogen) atoms. The first-order valence-corrected chi connectivity index (χ1v) is 3.45. The Bertz CT molecular complexity index is 321. The van der Waals surface area contributed by atoms with Crippen LogP contribution in [0.1, 0.15) is 6.92 Å². The van der Waals surface area contributed by atoms with Crippen molar-refractivity contribution in [3.8, 4) is 5.88 Å². The molecule has 0 unspecified atom stereocenters. The van der Waals surface area contributed by atoms with Crippen LogP contribution >= 0.6 is 0 Å². The Labute approximate surface area is 63.2 Å². The monoisotopic (exact) mass is 152 g/mol. The molecule has 2 rings (SSSR count). The normalized spacial score (nSPS) is 10.6. The molecule has 2 aromatic heterocycles. The Kier molecular flexibility index (Phi) is 1.31. The van der Waals surface area contributed by atoms with Crippen LogP contribution in [0, 0.1) is 0 Å². The molecular weight excluding hydrogens is 144 g/mol. The van der Waals surface area contributed by atoms with Crippen LogP contribution in [0.3, 0.4) is 0 Å². The summed E-state index contributed by atoms with van der Waals surface area (Å²) < 4.78 is 10.2. The Hall–Kier alpha value is -1.45. The maximum atomic E-state index is 5.19. The van der Waals surface area contributed by atoms with E-state index in [0.717, 1.165) is 11.2 Å². The van der Waals surface area contributed by atoms with Crippen molar-refractivity contribution in [3.63, 3.8) is 0 Å². The van der Waals surface area contributed by atoms with Crippen molar-refractivity contribution in [2.24, 2.45) is 0 Å². The third kappa shape index (κ3) is 0.960. The fourth-order valence-corrected chi connectivity index (χ4v) is 0.957. The average molecular weight is 152 g/mol. The number of hydrogen-bond acceptors (Lipinski definition) is 3. The van der Waals surface area contributed by atoms with E-state index in [1.807, 2.05) is 6.92 Å². The molecule has 0 atom stereocenters. The summed E-state index contributed by atoms with van der Waals surface area (Å²) in [6.45, 7) is 2.57. The van der Waals surface area contributed by atoms with Crippen molar-refractivity contribution in [2.75, 3.05) is 6.61 Å². The minimum atomic E-state index is 0.642. The fourth-order valence-electron chi connectivity index (χ4n) is 0.957. The van der Waals surface area contributed by atoms with E-state index in [-0.39, 0.29) is 0 Å². The molecular formula is C7H8N2O2. The van der Waals surface area contributed by atoms with E-state index in [2.05, 4.69) is 9.97 Å². The summed E-state index contributed by atoms with van der Waals surface area (Å²) in [5.41, 5.74) is 1.46. The van der Waals surface area contributed by atoms with Gasteiger partial charge in [-0.3, -0.25) is 0 Å². The van der Waals surface area contributed by atoms with Gasteiger partial charge in [0.05, 0.1) is 6.61 Å². The van der Waals surface area contributed by atoms with E-state index < -0.39 is 0 Å². The van der Waals surface area contributed by atoms with Gasteiger partial charge in [0.2, 0.25) is 0 Å². The van der Waals surface area contributed by atoms with Crippen LogP contribution in [0.25, 0.3) is 11.2 Å². The second-order valence-electron chi connectivity index (χ2n) is 2.13. The summed E-state index contributed by atoms with van der Waals surface area (Å²) in [6.07, 6.45) is 1.40. The number of aromatic amines is 1. The van der Waals surface area contributed by atoms with Crippen molar-refractivity contribution in [3.05, 3.63) is 12.5 Å². The second-order valence-corrected chi connectivity index (χ2v) is 2.13. The maximum absolute atomic E-state index is 5.19. The molecule has 0 amide bonds. The highest BCUT2D eigenvalue weighted by atomic mass is 16.5. The lowest BCUT2D eigenvalue weighted by molar-refractivity contribution is 0.329. The number of rotatable bonds is 2. The van der Waals surface area contributed by atoms with Crippen LogP contribution in [-0.2, 0) is 0 Å². The standard InChI is InChI=1S/C7H8N2O2/c1-2-10-6-3-5-7(9-6)8-4-11-5/h3-4,9H,2H2,1H3. The highest BCUT2D eigenvalue weighted by Gasteiger charge is 2.03. The topological polar surface area (TPSA) is 51.1 Å². The van der Waals surface area contributed by atoms with E-state index in [1.54, 1.807) is 6.07 Å². The SMILES string of the molecule is CCOc1cc2ocnc2[nH]1. The molecule has 0 aliphatic rings. The van der Waals surface area contributed by atoms with Crippen molar-refractivity contribution in [2.45, 2.75) is 6.92 Å². The van der Waals surface area contributed by atoms with Crippen LogP contribution in [0.15, 0.2) is 16.9 Å². The van der Waals surface area contributed by atoms with Crippen molar-refractivity contribution in [1.82, 2.24) is 9.97 Å². The highest BCUT2D eigenvalue weighted by molar-refractivity contribution is 5.70. The first kappa shape index (κ1) is 6.27. The number of oxazole rings is 1. The van der Waals surface area contributed by atoms with Gasteiger partial charge in [0.1, 0.15) is 0 Å². The Balaban J connectivity index is 2.42. The molecule has 58 valence electrons. The predicted octanol–water partition coefficient (Wildman–Crippen LogP) is 1.55. The molecule has 4 nitrogen and oxygen atoms in total. The molecule has 0 bridgehead atoms. The van der Waals surface area contributed by atoms with Gasteiger partial charge in [0.15, 0.2) is 23.5 Å². The van der Waals surface area contributed by atoms with Gasteiger partial charge in [-0.25, -0.2) is 0 Å². The number of aromatic nitrogens is 2. The zero-order valence-electron chi connectivity index (χ0n) is 6.13. The minimum Gasteiger partial charge on any atom is -0.479 e. The van der Waals surface area contributed by atoms with Crippen LogP contribution < -0.4 is 4.74 Å². The van der Waals surface area contributed by atoms with Gasteiger partial charge in [0, 0.05) is 6.07 Å². The largest absolute Gasteiger partial charge is 0.479 e. The molecule has 0 spiro atoms.